The minimum Gasteiger partial charge on any atom is -0.459 e. The van der Waals surface area contributed by atoms with Gasteiger partial charge in [0.1, 0.15) is 18.0 Å². The number of aryl methyl sites for hydroxylation is 2. The Kier molecular flexibility index (Phi) is 8.44. The van der Waals surface area contributed by atoms with E-state index in [4.69, 9.17) is 9.47 Å². The first kappa shape index (κ1) is 30.1. The van der Waals surface area contributed by atoms with Crippen LogP contribution in [0.4, 0.5) is 0 Å². The molecular formula is C32H46N4O4. The number of ether oxygens (including phenoxy) is 2. The van der Waals surface area contributed by atoms with E-state index in [9.17, 15) is 9.59 Å². The van der Waals surface area contributed by atoms with E-state index in [0.29, 0.717) is 23.4 Å². The lowest BCUT2D eigenvalue weighted by atomic mass is 9.81. The number of carbonyl (C=O) groups excluding carboxylic acids is 2. The smallest absolute Gasteiger partial charge is 0.341 e. The van der Waals surface area contributed by atoms with Crippen molar-refractivity contribution < 1.29 is 19.1 Å². The molecule has 0 unspecified atom stereocenters. The molecule has 0 saturated carbocycles. The lowest BCUT2D eigenvalue weighted by Gasteiger charge is -2.45. The molecule has 218 valence electrons. The molecule has 4 rings (SSSR count). The maximum Gasteiger partial charge on any atom is 0.341 e. The number of nitrogens with one attached hydrogen (secondary N) is 2. The molecule has 8 nitrogen and oxygen atoms in total. The molecule has 1 aromatic carbocycles. The van der Waals surface area contributed by atoms with Crippen LogP contribution in [-0.2, 0) is 22.3 Å². The molecule has 0 amide bonds. The average molecular weight is 551 g/mol. The standard InChI is InChI=1S/C32H46N4O4/c1-29(2)15-24(16-30(3,4)35-29)39-27(37)22-12-9-21(10-13-22)11-14-26-33-19-23(20-34-26)28(38)40-25-17-31(5,6)36-32(7,8)18-25/h9-10,12-13,19-20,24-25,35-36H,11,14-18H2,1-8H3. The van der Waals surface area contributed by atoms with Gasteiger partial charge >= 0.3 is 11.9 Å². The highest BCUT2D eigenvalue weighted by atomic mass is 16.5. The fourth-order valence-corrected chi connectivity index (χ4v) is 6.72. The Bertz CT molecular complexity index is 1070. The van der Waals surface area contributed by atoms with Crippen LogP contribution < -0.4 is 10.6 Å². The van der Waals surface area contributed by atoms with Crippen molar-refractivity contribution in [2.24, 2.45) is 0 Å². The molecule has 2 aromatic rings. The van der Waals surface area contributed by atoms with Crippen molar-refractivity contribution in [2.75, 3.05) is 0 Å². The van der Waals surface area contributed by atoms with E-state index in [-0.39, 0.29) is 46.3 Å². The van der Waals surface area contributed by atoms with Crippen molar-refractivity contribution in [3.63, 3.8) is 0 Å². The van der Waals surface area contributed by atoms with Crippen LogP contribution in [0.1, 0.15) is 113 Å². The van der Waals surface area contributed by atoms with Crippen LogP contribution in [0.3, 0.4) is 0 Å². The van der Waals surface area contributed by atoms with E-state index < -0.39 is 0 Å². The first-order valence-corrected chi connectivity index (χ1v) is 14.4. The molecule has 2 saturated heterocycles. The van der Waals surface area contributed by atoms with Crippen LogP contribution >= 0.6 is 0 Å². The lowest BCUT2D eigenvalue weighted by Crippen LogP contribution is -2.59. The van der Waals surface area contributed by atoms with Gasteiger partial charge in [-0.1, -0.05) is 12.1 Å². The van der Waals surface area contributed by atoms with Gasteiger partial charge in [-0.3, -0.25) is 0 Å². The summed E-state index contributed by atoms with van der Waals surface area (Å²) in [5.41, 5.74) is 1.61. The van der Waals surface area contributed by atoms with Gasteiger partial charge in [0.25, 0.3) is 0 Å². The van der Waals surface area contributed by atoms with Crippen LogP contribution in [0, 0.1) is 0 Å². The zero-order valence-electron chi connectivity index (χ0n) is 25.4. The van der Waals surface area contributed by atoms with Crippen molar-refractivity contribution in [1.82, 2.24) is 20.6 Å². The van der Waals surface area contributed by atoms with Gasteiger partial charge < -0.3 is 20.1 Å². The van der Waals surface area contributed by atoms with E-state index in [1.165, 1.54) is 0 Å². The molecule has 0 bridgehead atoms. The van der Waals surface area contributed by atoms with Gasteiger partial charge in [-0.15, -0.1) is 0 Å². The molecule has 0 aliphatic carbocycles. The van der Waals surface area contributed by atoms with Gasteiger partial charge in [-0.05, 0) is 79.5 Å². The number of hydrogen-bond donors (Lipinski definition) is 2. The Morgan fingerprint density at radius 3 is 1.50 bits per heavy atom. The molecule has 8 heteroatoms. The molecular weight excluding hydrogens is 504 g/mol. The fraction of sp³-hybridized carbons (Fsp3) is 0.625. The van der Waals surface area contributed by atoms with Crippen molar-refractivity contribution in [3.8, 4) is 0 Å². The molecule has 2 fully saturated rings. The van der Waals surface area contributed by atoms with Gasteiger partial charge in [0.05, 0.1) is 11.1 Å². The summed E-state index contributed by atoms with van der Waals surface area (Å²) in [6, 6.07) is 7.53. The van der Waals surface area contributed by atoms with E-state index in [2.05, 4.69) is 76.0 Å². The third-order valence-corrected chi connectivity index (χ3v) is 7.62. The van der Waals surface area contributed by atoms with Crippen LogP contribution in [0.15, 0.2) is 36.7 Å². The summed E-state index contributed by atoms with van der Waals surface area (Å²) in [5.74, 6) is -0.0167. The number of aromatic nitrogens is 2. The topological polar surface area (TPSA) is 102 Å². The summed E-state index contributed by atoms with van der Waals surface area (Å²) >= 11 is 0. The number of hydrogen-bond acceptors (Lipinski definition) is 8. The van der Waals surface area contributed by atoms with Crippen molar-refractivity contribution in [2.45, 2.75) is 128 Å². The van der Waals surface area contributed by atoms with Crippen molar-refractivity contribution in [1.29, 1.82) is 0 Å². The maximum atomic E-state index is 12.8. The molecule has 40 heavy (non-hydrogen) atoms. The van der Waals surface area contributed by atoms with Crippen molar-refractivity contribution in [3.05, 3.63) is 59.2 Å². The van der Waals surface area contributed by atoms with Crippen LogP contribution in [0.5, 0.6) is 0 Å². The predicted octanol–water partition coefficient (Wildman–Crippen LogP) is 5.19. The number of benzene rings is 1. The summed E-state index contributed by atoms with van der Waals surface area (Å²) in [4.78, 5) is 34.3. The second-order valence-electron chi connectivity index (χ2n) is 14.2. The number of rotatable bonds is 7. The summed E-state index contributed by atoms with van der Waals surface area (Å²) in [5, 5.41) is 7.21. The van der Waals surface area contributed by atoms with Gasteiger partial charge in [-0.2, -0.15) is 0 Å². The molecule has 2 aliphatic heterocycles. The summed E-state index contributed by atoms with van der Waals surface area (Å²) < 4.78 is 11.7. The Balaban J connectivity index is 1.27. The molecule has 0 radical (unpaired) electrons. The monoisotopic (exact) mass is 550 g/mol. The third-order valence-electron chi connectivity index (χ3n) is 7.62. The SMILES string of the molecule is CC1(C)CC(OC(=O)c2ccc(CCc3ncc(C(=O)OC4CC(C)(C)NC(C)(C)C4)cn3)cc2)CC(C)(C)N1. The number of carbonyl (C=O) groups is 2. The molecule has 0 atom stereocenters. The molecule has 1 aromatic heterocycles. The number of piperidine rings is 2. The van der Waals surface area contributed by atoms with Crippen molar-refractivity contribution >= 4 is 11.9 Å². The Hall–Kier alpha value is -2.84. The average Bonchev–Trinajstić information content (AvgIpc) is 2.79. The van der Waals surface area contributed by atoms with E-state index in [1.807, 2.05) is 24.3 Å². The molecule has 2 N–H and O–H groups in total. The minimum absolute atomic E-state index is 0.0847. The second kappa shape index (κ2) is 11.2. The Morgan fingerprint density at radius 2 is 1.07 bits per heavy atom. The lowest BCUT2D eigenvalue weighted by molar-refractivity contribution is -0.00770. The zero-order chi connectivity index (χ0) is 29.3. The normalized spacial score (nSPS) is 21.9. The van der Waals surface area contributed by atoms with Crippen LogP contribution in [0.2, 0.25) is 0 Å². The number of esters is 2. The third kappa shape index (κ3) is 8.33. The quantitative estimate of drug-likeness (QED) is 0.454. The first-order chi connectivity index (χ1) is 18.5. The van der Waals surface area contributed by atoms with Gasteiger partial charge in [-0.25, -0.2) is 19.6 Å². The highest BCUT2D eigenvalue weighted by Crippen LogP contribution is 2.32. The maximum absolute atomic E-state index is 12.8. The van der Waals surface area contributed by atoms with Gasteiger partial charge in [0.15, 0.2) is 0 Å². The highest BCUT2D eigenvalue weighted by molar-refractivity contribution is 5.89. The van der Waals surface area contributed by atoms with E-state index >= 15 is 0 Å². The highest BCUT2D eigenvalue weighted by Gasteiger charge is 2.40. The summed E-state index contributed by atoms with van der Waals surface area (Å²) in [7, 11) is 0. The van der Waals surface area contributed by atoms with Gasteiger partial charge in [0, 0.05) is 66.7 Å². The molecule has 3 heterocycles. The van der Waals surface area contributed by atoms with Crippen LogP contribution in [-0.4, -0.2) is 56.3 Å². The summed E-state index contributed by atoms with van der Waals surface area (Å²) in [6.45, 7) is 17.1. The summed E-state index contributed by atoms with van der Waals surface area (Å²) in [6.07, 6.45) is 7.24. The fourth-order valence-electron chi connectivity index (χ4n) is 6.72. The molecule has 2 aliphatic rings. The first-order valence-electron chi connectivity index (χ1n) is 14.4. The van der Waals surface area contributed by atoms with E-state index in [1.54, 1.807) is 12.4 Å². The zero-order valence-corrected chi connectivity index (χ0v) is 25.4. The minimum atomic E-state index is -0.385. The van der Waals surface area contributed by atoms with Gasteiger partial charge in [0.2, 0.25) is 0 Å². The Labute approximate surface area is 239 Å². The largest absolute Gasteiger partial charge is 0.459 e. The molecule has 0 spiro atoms. The Morgan fingerprint density at radius 1 is 0.675 bits per heavy atom. The second-order valence-corrected chi connectivity index (χ2v) is 14.2. The number of nitrogens with zero attached hydrogens (tertiary/aromatic N) is 2. The van der Waals surface area contributed by atoms with Crippen LogP contribution in [0.25, 0.3) is 0 Å². The predicted molar refractivity (Wildman–Crippen MR) is 155 cm³/mol. The van der Waals surface area contributed by atoms with E-state index in [0.717, 1.165) is 37.7 Å².